The summed E-state index contributed by atoms with van der Waals surface area (Å²) in [6, 6.07) is 6.73. The number of nitriles is 1. The highest BCUT2D eigenvalue weighted by molar-refractivity contribution is 6.22. The third-order valence-corrected chi connectivity index (χ3v) is 4.90. The zero-order valence-electron chi connectivity index (χ0n) is 14.3. The summed E-state index contributed by atoms with van der Waals surface area (Å²) in [6.45, 7) is 4.93. The van der Waals surface area contributed by atoms with E-state index in [2.05, 4.69) is 0 Å². The molecule has 0 aliphatic carbocycles. The molecule has 0 spiro atoms. The Balaban J connectivity index is 1.91. The molecule has 0 bridgehead atoms. The second-order valence-electron chi connectivity index (χ2n) is 6.15. The Bertz CT molecular complexity index is 766. The highest BCUT2D eigenvalue weighted by Crippen LogP contribution is 2.35. The SMILES string of the molecule is CCN(CC)C(=O)C1CCC2C(=O)N(c3cccc(C#N)c3)C(=O)N12. The molecule has 7 nitrogen and oxygen atoms in total. The number of rotatable bonds is 4. The number of fused-ring (bicyclic) bond motifs is 1. The van der Waals surface area contributed by atoms with Crippen molar-refractivity contribution in [3.63, 3.8) is 0 Å². The van der Waals surface area contributed by atoms with E-state index in [9.17, 15) is 14.4 Å². The summed E-state index contributed by atoms with van der Waals surface area (Å²) in [5.74, 6) is -0.434. The number of imide groups is 1. The molecule has 2 unspecified atom stereocenters. The van der Waals surface area contributed by atoms with Gasteiger partial charge in [0, 0.05) is 13.1 Å². The van der Waals surface area contributed by atoms with Crippen molar-refractivity contribution >= 4 is 23.5 Å². The molecule has 2 saturated heterocycles. The molecule has 7 heteroatoms. The van der Waals surface area contributed by atoms with Gasteiger partial charge in [-0.2, -0.15) is 5.26 Å². The van der Waals surface area contributed by atoms with Crippen molar-refractivity contribution in [3.05, 3.63) is 29.8 Å². The Kier molecular flexibility index (Phi) is 4.45. The molecular weight excluding hydrogens is 320 g/mol. The summed E-state index contributed by atoms with van der Waals surface area (Å²) in [5.41, 5.74) is 0.749. The first-order chi connectivity index (χ1) is 12.0. The minimum Gasteiger partial charge on any atom is -0.341 e. The number of amides is 4. The number of carbonyl (C=O) groups is 3. The van der Waals surface area contributed by atoms with Gasteiger partial charge in [-0.1, -0.05) is 6.07 Å². The van der Waals surface area contributed by atoms with E-state index in [0.717, 1.165) is 4.90 Å². The third-order valence-electron chi connectivity index (χ3n) is 4.90. The second kappa shape index (κ2) is 6.55. The molecule has 2 heterocycles. The fourth-order valence-corrected chi connectivity index (χ4v) is 3.62. The third kappa shape index (κ3) is 2.64. The van der Waals surface area contributed by atoms with Crippen molar-refractivity contribution < 1.29 is 14.4 Å². The predicted molar refractivity (Wildman–Crippen MR) is 90.6 cm³/mol. The average Bonchev–Trinajstić information content (AvgIpc) is 3.16. The monoisotopic (exact) mass is 340 g/mol. The van der Waals surface area contributed by atoms with E-state index in [0.29, 0.717) is 37.2 Å². The summed E-state index contributed by atoms with van der Waals surface area (Å²) in [6.07, 6.45) is 0.986. The maximum atomic E-state index is 12.9. The lowest BCUT2D eigenvalue weighted by molar-refractivity contribution is -0.135. The molecule has 4 amide bonds. The van der Waals surface area contributed by atoms with Gasteiger partial charge in [-0.05, 0) is 44.9 Å². The van der Waals surface area contributed by atoms with Gasteiger partial charge in [-0.3, -0.25) is 14.5 Å². The summed E-state index contributed by atoms with van der Waals surface area (Å²) in [4.78, 5) is 42.5. The molecule has 0 saturated carbocycles. The summed E-state index contributed by atoms with van der Waals surface area (Å²) >= 11 is 0. The van der Waals surface area contributed by atoms with E-state index < -0.39 is 18.1 Å². The molecule has 2 aliphatic rings. The number of carbonyl (C=O) groups excluding carboxylic acids is 3. The van der Waals surface area contributed by atoms with Crippen LogP contribution in [0.1, 0.15) is 32.3 Å². The molecule has 130 valence electrons. The zero-order valence-corrected chi connectivity index (χ0v) is 14.3. The van der Waals surface area contributed by atoms with Crippen molar-refractivity contribution in [2.45, 2.75) is 38.8 Å². The van der Waals surface area contributed by atoms with Crippen molar-refractivity contribution in [3.8, 4) is 6.07 Å². The Labute approximate surface area is 146 Å². The fourth-order valence-electron chi connectivity index (χ4n) is 3.62. The molecule has 25 heavy (non-hydrogen) atoms. The van der Waals surface area contributed by atoms with E-state index in [4.69, 9.17) is 5.26 Å². The van der Waals surface area contributed by atoms with E-state index in [1.165, 1.54) is 11.0 Å². The number of urea groups is 1. The molecule has 0 N–H and O–H groups in total. The molecule has 2 fully saturated rings. The number of hydrogen-bond donors (Lipinski definition) is 0. The molecule has 1 aromatic rings. The molecule has 0 aromatic heterocycles. The van der Waals surface area contributed by atoms with Gasteiger partial charge >= 0.3 is 6.03 Å². The Morgan fingerprint density at radius 1 is 1.28 bits per heavy atom. The largest absolute Gasteiger partial charge is 0.341 e. The van der Waals surface area contributed by atoms with E-state index >= 15 is 0 Å². The summed E-state index contributed by atoms with van der Waals surface area (Å²) < 4.78 is 0. The molecule has 2 atom stereocenters. The Morgan fingerprint density at radius 2 is 2.00 bits per heavy atom. The van der Waals surface area contributed by atoms with Crippen LogP contribution in [0, 0.1) is 11.3 Å². The van der Waals surface area contributed by atoms with Gasteiger partial charge in [0.1, 0.15) is 12.1 Å². The van der Waals surface area contributed by atoms with Crippen LogP contribution in [0.4, 0.5) is 10.5 Å². The minimum atomic E-state index is -0.595. The molecular formula is C18H20N4O3. The van der Waals surface area contributed by atoms with Crippen molar-refractivity contribution in [2.75, 3.05) is 18.0 Å². The predicted octanol–water partition coefficient (Wildman–Crippen LogP) is 1.73. The highest BCUT2D eigenvalue weighted by Gasteiger charge is 2.54. The van der Waals surface area contributed by atoms with Gasteiger partial charge in [-0.15, -0.1) is 0 Å². The smallest absolute Gasteiger partial charge is 0.332 e. The van der Waals surface area contributed by atoms with Crippen LogP contribution in [-0.4, -0.2) is 52.8 Å². The normalized spacial score (nSPS) is 22.1. The van der Waals surface area contributed by atoms with E-state index in [-0.39, 0.29) is 11.8 Å². The standard InChI is InChI=1S/C18H20N4O3/c1-3-20(4-2)16(23)14-8-9-15-17(24)21(18(25)22(14)15)13-7-5-6-12(10-13)11-19/h5-7,10,14-15H,3-4,8-9H2,1-2H3. The highest BCUT2D eigenvalue weighted by atomic mass is 16.2. The van der Waals surface area contributed by atoms with Crippen LogP contribution < -0.4 is 4.90 Å². The van der Waals surface area contributed by atoms with Crippen LogP contribution in [0.2, 0.25) is 0 Å². The van der Waals surface area contributed by atoms with Gasteiger partial charge in [0.05, 0.1) is 17.3 Å². The number of hydrogen-bond acceptors (Lipinski definition) is 4. The minimum absolute atomic E-state index is 0.110. The van der Waals surface area contributed by atoms with Crippen LogP contribution in [0.5, 0.6) is 0 Å². The van der Waals surface area contributed by atoms with Crippen molar-refractivity contribution in [1.82, 2.24) is 9.80 Å². The van der Waals surface area contributed by atoms with Gasteiger partial charge in [-0.25, -0.2) is 9.69 Å². The van der Waals surface area contributed by atoms with Gasteiger partial charge in [0.2, 0.25) is 5.91 Å². The van der Waals surface area contributed by atoms with Crippen molar-refractivity contribution in [2.24, 2.45) is 0 Å². The van der Waals surface area contributed by atoms with Gasteiger partial charge in [0.25, 0.3) is 5.91 Å². The number of anilines is 1. The maximum absolute atomic E-state index is 12.9. The quantitative estimate of drug-likeness (QED) is 0.781. The van der Waals surface area contributed by atoms with Crippen LogP contribution in [0.3, 0.4) is 0 Å². The summed E-state index contributed by atoms with van der Waals surface area (Å²) in [5, 5.41) is 9.03. The zero-order chi connectivity index (χ0) is 18.1. The van der Waals surface area contributed by atoms with Gasteiger partial charge < -0.3 is 4.90 Å². The van der Waals surface area contributed by atoms with Crippen LogP contribution in [-0.2, 0) is 9.59 Å². The molecule has 0 radical (unpaired) electrons. The average molecular weight is 340 g/mol. The Morgan fingerprint density at radius 3 is 2.64 bits per heavy atom. The first kappa shape index (κ1) is 17.0. The molecule has 1 aromatic carbocycles. The Hall–Kier alpha value is -2.88. The van der Waals surface area contributed by atoms with E-state index in [1.54, 1.807) is 23.1 Å². The molecule has 2 aliphatic heterocycles. The maximum Gasteiger partial charge on any atom is 0.332 e. The lowest BCUT2D eigenvalue weighted by atomic mass is 10.1. The van der Waals surface area contributed by atoms with E-state index in [1.807, 2.05) is 19.9 Å². The van der Waals surface area contributed by atoms with Gasteiger partial charge in [0.15, 0.2) is 0 Å². The summed E-state index contributed by atoms with van der Waals surface area (Å²) in [7, 11) is 0. The topological polar surface area (TPSA) is 84.7 Å². The van der Waals surface area contributed by atoms with Crippen LogP contribution in [0.15, 0.2) is 24.3 Å². The second-order valence-corrected chi connectivity index (χ2v) is 6.15. The number of nitrogens with zero attached hydrogens (tertiary/aromatic N) is 4. The first-order valence-corrected chi connectivity index (χ1v) is 8.48. The number of likely N-dealkylation sites (N-methyl/N-ethyl adjacent to an activating group) is 1. The molecule has 3 rings (SSSR count). The van der Waals surface area contributed by atoms with Crippen molar-refractivity contribution in [1.29, 1.82) is 5.26 Å². The number of benzene rings is 1. The fraction of sp³-hybridized carbons (Fsp3) is 0.444. The first-order valence-electron chi connectivity index (χ1n) is 8.48. The van der Waals surface area contributed by atoms with Crippen LogP contribution in [0.25, 0.3) is 0 Å². The lowest BCUT2D eigenvalue weighted by Gasteiger charge is -2.28. The van der Waals surface area contributed by atoms with Crippen LogP contribution >= 0.6 is 0 Å². The lowest BCUT2D eigenvalue weighted by Crippen LogP contribution is -2.48.